The number of thiophene rings is 1. The molecule has 64 valence electrons. The molecule has 2 aromatic rings. The Morgan fingerprint density at radius 3 is 2.77 bits per heavy atom. The fraction of sp³-hybridized carbons (Fsp3) is 0. The van der Waals surface area contributed by atoms with Gasteiger partial charge in [0.2, 0.25) is 0 Å². The molecule has 0 spiro atoms. The predicted octanol–water partition coefficient (Wildman–Crippen LogP) is -0.402. The summed E-state index contributed by atoms with van der Waals surface area (Å²) in [5.41, 5.74) is 0. The molecule has 0 radical (unpaired) electrons. The molecule has 1 atom stereocenters. The van der Waals surface area contributed by atoms with E-state index in [2.05, 4.69) is 0 Å². The molecular formula is C8H7LiO2S2. The van der Waals surface area contributed by atoms with Crippen molar-refractivity contribution in [2.75, 3.05) is 0 Å². The maximum atomic E-state index is 10.8. The largest absolute Gasteiger partial charge is 1.00 e. The third kappa shape index (κ3) is 2.04. The average Bonchev–Trinajstić information content (AvgIpc) is 2.47. The maximum Gasteiger partial charge on any atom is 1.00 e. The molecule has 2 nitrogen and oxygen atoms in total. The summed E-state index contributed by atoms with van der Waals surface area (Å²) in [5.74, 6) is 0. The Labute approximate surface area is 95.9 Å². The van der Waals surface area contributed by atoms with Crippen LogP contribution in [0.1, 0.15) is 1.43 Å². The first-order valence-corrected chi connectivity index (χ1v) is 5.35. The van der Waals surface area contributed by atoms with Crippen LogP contribution in [0.3, 0.4) is 0 Å². The zero-order valence-corrected chi connectivity index (χ0v) is 8.69. The van der Waals surface area contributed by atoms with Gasteiger partial charge in [0.15, 0.2) is 11.1 Å². The second-order valence-corrected chi connectivity index (χ2v) is 4.40. The van der Waals surface area contributed by atoms with Gasteiger partial charge < -0.3 is 5.98 Å². The summed E-state index contributed by atoms with van der Waals surface area (Å²) < 4.78 is 20.2. The summed E-state index contributed by atoms with van der Waals surface area (Å²) in [4.78, 5) is 0. The van der Waals surface area contributed by atoms with E-state index in [-0.39, 0.29) is 20.3 Å². The molecule has 0 bridgehead atoms. The van der Waals surface area contributed by atoms with Gasteiger partial charge in [-0.1, -0.05) is 24.3 Å². The van der Waals surface area contributed by atoms with E-state index < -0.39 is 11.1 Å². The van der Waals surface area contributed by atoms with Crippen molar-refractivity contribution >= 4 is 33.2 Å². The van der Waals surface area contributed by atoms with Crippen LogP contribution < -0.4 is 18.9 Å². The molecule has 1 aromatic carbocycles. The molecule has 2 rings (SSSR count). The van der Waals surface area contributed by atoms with Gasteiger partial charge in [0.05, 0.1) is 0 Å². The van der Waals surface area contributed by atoms with Gasteiger partial charge in [-0.15, -0.1) is 11.3 Å². The quantitative estimate of drug-likeness (QED) is 0.509. The molecule has 0 saturated heterocycles. The van der Waals surface area contributed by atoms with E-state index in [1.165, 1.54) is 11.3 Å². The van der Waals surface area contributed by atoms with E-state index in [4.69, 9.17) is 4.55 Å². The monoisotopic (exact) mass is 206 g/mol. The molecule has 1 unspecified atom stereocenters. The molecule has 1 heterocycles. The summed E-state index contributed by atoms with van der Waals surface area (Å²) in [5, 5.41) is 3.79. The van der Waals surface area contributed by atoms with Crippen LogP contribution in [-0.2, 0) is 11.1 Å². The van der Waals surface area contributed by atoms with Gasteiger partial charge in [0.1, 0.15) is 4.21 Å². The minimum absolute atomic E-state index is 0. The molecule has 0 aliphatic carbocycles. The first-order valence-electron chi connectivity index (χ1n) is 3.36. The van der Waals surface area contributed by atoms with Crippen LogP contribution in [0.15, 0.2) is 33.9 Å². The molecule has 0 saturated carbocycles. The zero-order chi connectivity index (χ0) is 8.55. The fourth-order valence-corrected chi connectivity index (χ4v) is 2.70. The summed E-state index contributed by atoms with van der Waals surface area (Å²) in [7, 11) is 0. The normalized spacial score (nSPS) is 12.4. The van der Waals surface area contributed by atoms with Crippen molar-refractivity contribution < 1.29 is 29.0 Å². The second kappa shape index (κ2) is 4.40. The topological polar surface area (TPSA) is 37.3 Å². The molecule has 1 aromatic heterocycles. The number of hydrogen-bond donors (Lipinski definition) is 1. The Bertz CT molecular complexity index is 444. The minimum Gasteiger partial charge on any atom is -1.00 e. The van der Waals surface area contributed by atoms with Gasteiger partial charge in [-0.3, -0.25) is 0 Å². The van der Waals surface area contributed by atoms with E-state index >= 15 is 0 Å². The summed E-state index contributed by atoms with van der Waals surface area (Å²) in [6.45, 7) is 0. The number of hydrogen-bond acceptors (Lipinski definition) is 2. The van der Waals surface area contributed by atoms with Crippen LogP contribution in [-0.4, -0.2) is 8.76 Å². The van der Waals surface area contributed by atoms with Crippen LogP contribution in [0.2, 0.25) is 0 Å². The summed E-state index contributed by atoms with van der Waals surface area (Å²) in [6.07, 6.45) is 0. The Morgan fingerprint density at radius 1 is 1.38 bits per heavy atom. The van der Waals surface area contributed by atoms with Crippen molar-refractivity contribution in [2.45, 2.75) is 4.21 Å². The molecule has 13 heavy (non-hydrogen) atoms. The Morgan fingerprint density at radius 2 is 2.08 bits per heavy atom. The smallest absolute Gasteiger partial charge is 1.00 e. The minimum atomic E-state index is -1.85. The number of benzene rings is 1. The van der Waals surface area contributed by atoms with Gasteiger partial charge in [-0.2, -0.15) is 0 Å². The second-order valence-electron chi connectivity index (χ2n) is 2.36. The van der Waals surface area contributed by atoms with E-state index in [1.54, 1.807) is 0 Å². The molecule has 0 aliphatic heterocycles. The average molecular weight is 206 g/mol. The van der Waals surface area contributed by atoms with Crippen molar-refractivity contribution in [1.29, 1.82) is 0 Å². The van der Waals surface area contributed by atoms with Crippen LogP contribution in [0, 0.1) is 0 Å². The zero-order valence-electron chi connectivity index (χ0n) is 8.06. The molecule has 0 amide bonds. The van der Waals surface area contributed by atoms with Crippen LogP contribution in [0.5, 0.6) is 0 Å². The van der Waals surface area contributed by atoms with Crippen molar-refractivity contribution in [3.63, 3.8) is 0 Å². The van der Waals surface area contributed by atoms with E-state index in [0.717, 1.165) is 10.8 Å². The Hall–Kier alpha value is -0.113. The van der Waals surface area contributed by atoms with Crippen LogP contribution in [0.4, 0.5) is 0 Å². The first-order chi connectivity index (χ1) is 5.79. The van der Waals surface area contributed by atoms with Gasteiger partial charge in [-0.05, 0) is 10.8 Å². The van der Waals surface area contributed by atoms with Crippen LogP contribution >= 0.6 is 11.3 Å². The Kier molecular flexibility index (Phi) is 3.71. The van der Waals surface area contributed by atoms with E-state index in [9.17, 15) is 4.21 Å². The number of fused-ring (bicyclic) bond motifs is 1. The van der Waals surface area contributed by atoms with Crippen LogP contribution in [0.25, 0.3) is 10.8 Å². The standard InChI is InChI=1S/C8H6O2S2.Li.H/c9-12(10)8-7-4-2-1-3-6(7)5-11-8;;/h1-5H,(H,9,10);;/q;+1;-1. The van der Waals surface area contributed by atoms with Crippen molar-refractivity contribution in [3.8, 4) is 0 Å². The predicted molar refractivity (Wildman–Crippen MR) is 52.0 cm³/mol. The van der Waals surface area contributed by atoms with E-state index in [0.29, 0.717) is 4.21 Å². The molecule has 1 N–H and O–H groups in total. The molecule has 5 heteroatoms. The third-order valence-corrected chi connectivity index (χ3v) is 3.69. The van der Waals surface area contributed by atoms with Crippen molar-refractivity contribution in [3.05, 3.63) is 29.6 Å². The van der Waals surface area contributed by atoms with Gasteiger partial charge in [-0.25, -0.2) is 4.21 Å². The molecule has 0 fully saturated rings. The Balaban J connectivity index is 0.000000845. The van der Waals surface area contributed by atoms with Crippen molar-refractivity contribution in [1.82, 2.24) is 0 Å². The first kappa shape index (κ1) is 11.0. The van der Waals surface area contributed by atoms with Gasteiger partial charge >= 0.3 is 18.9 Å². The SMILES string of the molecule is O=S(O)c1scc2ccccc12.[H-].[Li+]. The molecule has 0 aliphatic rings. The van der Waals surface area contributed by atoms with Crippen molar-refractivity contribution in [2.24, 2.45) is 0 Å². The number of rotatable bonds is 1. The third-order valence-electron chi connectivity index (χ3n) is 1.63. The van der Waals surface area contributed by atoms with E-state index in [1.807, 2.05) is 29.6 Å². The van der Waals surface area contributed by atoms with Gasteiger partial charge in [0.25, 0.3) is 0 Å². The van der Waals surface area contributed by atoms with Gasteiger partial charge in [0, 0.05) is 5.39 Å². The summed E-state index contributed by atoms with van der Waals surface area (Å²) in [6, 6.07) is 7.57. The summed E-state index contributed by atoms with van der Waals surface area (Å²) >= 11 is -0.533. The molecular weight excluding hydrogens is 199 g/mol. The fourth-order valence-electron chi connectivity index (χ4n) is 1.10. The maximum absolute atomic E-state index is 10.8.